The molecule has 2 N–H and O–H groups in total. The Balaban J connectivity index is 2.81. The quantitative estimate of drug-likeness (QED) is 0.760. The Morgan fingerprint density at radius 2 is 1.85 bits per heavy atom. The van der Waals surface area contributed by atoms with E-state index < -0.39 is 0 Å². The summed E-state index contributed by atoms with van der Waals surface area (Å²) in [7, 11) is 0. The monoisotopic (exact) mass is 282 g/mol. The molecule has 0 spiro atoms. The van der Waals surface area contributed by atoms with Crippen molar-refractivity contribution in [3.05, 3.63) is 0 Å². The molecule has 0 aliphatic heterocycles. The summed E-state index contributed by atoms with van der Waals surface area (Å²) >= 11 is 0. The minimum atomic E-state index is 0.481. The summed E-state index contributed by atoms with van der Waals surface area (Å²) < 4.78 is 0. The molecule has 1 aliphatic rings. The highest BCUT2D eigenvalue weighted by Gasteiger charge is 2.38. The van der Waals surface area contributed by atoms with Crippen LogP contribution in [-0.4, -0.2) is 30.6 Å². The third-order valence-electron chi connectivity index (χ3n) is 5.75. The molecule has 0 aromatic rings. The number of hydrogen-bond acceptors (Lipinski definition) is 2. The normalized spacial score (nSPS) is 28.4. The minimum absolute atomic E-state index is 0.481. The lowest BCUT2D eigenvalue weighted by molar-refractivity contribution is 0.0346. The zero-order chi connectivity index (χ0) is 15.3. The smallest absolute Gasteiger partial charge is 0.0138 e. The van der Waals surface area contributed by atoms with Gasteiger partial charge in [-0.25, -0.2) is 0 Å². The Kier molecular flexibility index (Phi) is 7.00. The van der Waals surface area contributed by atoms with Crippen molar-refractivity contribution < 1.29 is 0 Å². The lowest BCUT2D eigenvalue weighted by Gasteiger charge is -2.47. The molecule has 2 nitrogen and oxygen atoms in total. The SMILES string of the molecule is CCN(CC(C)C)C1CC(C(C)(C)CC)CCC1CN. The molecule has 1 rings (SSSR count). The minimum Gasteiger partial charge on any atom is -0.330 e. The number of nitrogens with two attached hydrogens (primary N) is 1. The van der Waals surface area contributed by atoms with Crippen molar-refractivity contribution in [2.24, 2.45) is 28.9 Å². The molecular weight excluding hydrogens is 244 g/mol. The fraction of sp³-hybridized carbons (Fsp3) is 1.00. The highest BCUT2D eigenvalue weighted by atomic mass is 15.2. The standard InChI is InChI=1S/C18H38N2/c1-7-18(5,6)16-10-9-15(12-19)17(11-16)20(8-2)13-14(3)4/h14-17H,7-13,19H2,1-6H3. The summed E-state index contributed by atoms with van der Waals surface area (Å²) in [6.45, 7) is 17.5. The summed E-state index contributed by atoms with van der Waals surface area (Å²) in [6, 6.07) is 0.706. The van der Waals surface area contributed by atoms with E-state index in [1.807, 2.05) is 0 Å². The van der Waals surface area contributed by atoms with E-state index in [4.69, 9.17) is 5.73 Å². The molecule has 0 saturated heterocycles. The Morgan fingerprint density at radius 1 is 1.20 bits per heavy atom. The average Bonchev–Trinajstić information content (AvgIpc) is 2.43. The molecule has 0 radical (unpaired) electrons. The van der Waals surface area contributed by atoms with Crippen LogP contribution < -0.4 is 5.73 Å². The van der Waals surface area contributed by atoms with Gasteiger partial charge in [0.25, 0.3) is 0 Å². The van der Waals surface area contributed by atoms with Crippen LogP contribution in [0.25, 0.3) is 0 Å². The van der Waals surface area contributed by atoms with Gasteiger partial charge in [-0.2, -0.15) is 0 Å². The van der Waals surface area contributed by atoms with Crippen molar-refractivity contribution >= 4 is 0 Å². The van der Waals surface area contributed by atoms with Gasteiger partial charge in [0, 0.05) is 12.6 Å². The van der Waals surface area contributed by atoms with Crippen molar-refractivity contribution in [2.75, 3.05) is 19.6 Å². The predicted octanol–water partition coefficient (Wildman–Crippen LogP) is 4.14. The summed E-state index contributed by atoms with van der Waals surface area (Å²) in [5.41, 5.74) is 6.56. The molecular formula is C18H38N2. The molecule has 0 amide bonds. The molecule has 0 aromatic heterocycles. The van der Waals surface area contributed by atoms with Crippen LogP contribution in [0.2, 0.25) is 0 Å². The maximum atomic E-state index is 6.08. The summed E-state index contributed by atoms with van der Waals surface area (Å²) in [5, 5.41) is 0. The molecule has 0 heterocycles. The van der Waals surface area contributed by atoms with E-state index in [1.165, 1.54) is 38.8 Å². The van der Waals surface area contributed by atoms with Crippen molar-refractivity contribution in [2.45, 2.75) is 73.3 Å². The van der Waals surface area contributed by atoms with Gasteiger partial charge in [0.05, 0.1) is 0 Å². The zero-order valence-electron chi connectivity index (χ0n) is 14.8. The third-order valence-corrected chi connectivity index (χ3v) is 5.75. The second-order valence-electron chi connectivity index (χ2n) is 7.90. The van der Waals surface area contributed by atoms with Crippen molar-refractivity contribution in [1.82, 2.24) is 4.90 Å². The van der Waals surface area contributed by atoms with Gasteiger partial charge in [0.2, 0.25) is 0 Å². The predicted molar refractivity (Wildman–Crippen MR) is 89.8 cm³/mol. The third kappa shape index (κ3) is 4.46. The van der Waals surface area contributed by atoms with E-state index in [9.17, 15) is 0 Å². The van der Waals surface area contributed by atoms with E-state index in [-0.39, 0.29) is 0 Å². The molecule has 20 heavy (non-hydrogen) atoms. The fourth-order valence-corrected chi connectivity index (χ4v) is 3.90. The van der Waals surface area contributed by atoms with Gasteiger partial charge in [-0.1, -0.05) is 48.0 Å². The van der Waals surface area contributed by atoms with Crippen LogP contribution in [0.4, 0.5) is 0 Å². The molecule has 0 bridgehead atoms. The van der Waals surface area contributed by atoms with Crippen LogP contribution >= 0.6 is 0 Å². The zero-order valence-corrected chi connectivity index (χ0v) is 14.8. The van der Waals surface area contributed by atoms with Gasteiger partial charge < -0.3 is 10.6 Å². The largest absolute Gasteiger partial charge is 0.330 e. The van der Waals surface area contributed by atoms with E-state index in [1.54, 1.807) is 0 Å². The topological polar surface area (TPSA) is 29.3 Å². The van der Waals surface area contributed by atoms with Crippen LogP contribution in [0.1, 0.15) is 67.2 Å². The molecule has 3 unspecified atom stereocenters. The molecule has 1 aliphatic carbocycles. The van der Waals surface area contributed by atoms with Crippen LogP contribution in [0, 0.1) is 23.2 Å². The molecule has 1 fully saturated rings. The first-order valence-electron chi connectivity index (χ1n) is 8.79. The van der Waals surface area contributed by atoms with Crippen molar-refractivity contribution in [3.8, 4) is 0 Å². The van der Waals surface area contributed by atoms with Crippen LogP contribution in [0.15, 0.2) is 0 Å². The molecule has 1 saturated carbocycles. The Labute approximate surface area is 127 Å². The van der Waals surface area contributed by atoms with Gasteiger partial charge >= 0.3 is 0 Å². The van der Waals surface area contributed by atoms with E-state index in [2.05, 4.69) is 46.4 Å². The molecule has 2 heteroatoms. The van der Waals surface area contributed by atoms with Crippen LogP contribution in [0.3, 0.4) is 0 Å². The second-order valence-corrected chi connectivity index (χ2v) is 7.90. The van der Waals surface area contributed by atoms with Crippen LogP contribution in [0.5, 0.6) is 0 Å². The summed E-state index contributed by atoms with van der Waals surface area (Å²) in [6.07, 6.45) is 5.33. The Hall–Kier alpha value is -0.0800. The van der Waals surface area contributed by atoms with E-state index >= 15 is 0 Å². The van der Waals surface area contributed by atoms with Crippen molar-refractivity contribution in [3.63, 3.8) is 0 Å². The maximum absolute atomic E-state index is 6.08. The number of nitrogens with zero attached hydrogens (tertiary/aromatic N) is 1. The van der Waals surface area contributed by atoms with Gasteiger partial charge in [0.15, 0.2) is 0 Å². The van der Waals surface area contributed by atoms with Gasteiger partial charge in [-0.05, 0) is 55.5 Å². The average molecular weight is 283 g/mol. The van der Waals surface area contributed by atoms with E-state index in [0.717, 1.165) is 18.4 Å². The van der Waals surface area contributed by atoms with Gasteiger partial charge in [-0.15, -0.1) is 0 Å². The molecule has 3 atom stereocenters. The van der Waals surface area contributed by atoms with Crippen molar-refractivity contribution in [1.29, 1.82) is 0 Å². The summed E-state index contributed by atoms with van der Waals surface area (Å²) in [4.78, 5) is 2.71. The van der Waals surface area contributed by atoms with Gasteiger partial charge in [0.1, 0.15) is 0 Å². The lowest BCUT2D eigenvalue weighted by Crippen LogP contribution is -2.49. The molecule has 0 aromatic carbocycles. The first kappa shape index (κ1) is 18.0. The highest BCUT2D eigenvalue weighted by molar-refractivity contribution is 4.92. The second kappa shape index (κ2) is 7.79. The Morgan fingerprint density at radius 3 is 2.30 bits per heavy atom. The first-order valence-corrected chi connectivity index (χ1v) is 8.79. The maximum Gasteiger partial charge on any atom is 0.0138 e. The summed E-state index contributed by atoms with van der Waals surface area (Å²) in [5.74, 6) is 2.31. The van der Waals surface area contributed by atoms with Crippen LogP contribution in [-0.2, 0) is 0 Å². The highest BCUT2D eigenvalue weighted by Crippen LogP contribution is 2.43. The van der Waals surface area contributed by atoms with Gasteiger partial charge in [-0.3, -0.25) is 0 Å². The number of rotatable bonds is 7. The lowest BCUT2D eigenvalue weighted by atomic mass is 9.65. The number of hydrogen-bond donors (Lipinski definition) is 1. The Bertz CT molecular complexity index is 273. The first-order chi connectivity index (χ1) is 9.35. The van der Waals surface area contributed by atoms with E-state index in [0.29, 0.717) is 17.4 Å². The fourth-order valence-electron chi connectivity index (χ4n) is 3.90. The molecule has 120 valence electrons.